The van der Waals surface area contributed by atoms with E-state index < -0.39 is 53.9 Å². The summed E-state index contributed by atoms with van der Waals surface area (Å²) < 4.78 is 51.7. The first-order chi connectivity index (χ1) is 49.0. The highest BCUT2D eigenvalue weighted by molar-refractivity contribution is 5.94. The molecule has 11 saturated heterocycles. The molecular weight excluding hydrogens is 1300 g/mol. The number of carbonyl (C=O) groups is 3. The Balaban J connectivity index is 0.000000206. The second-order valence-corrected chi connectivity index (χ2v) is 32.9. The maximum Gasteiger partial charge on any atom is 0.335 e. The Morgan fingerprint density at radius 2 is 0.814 bits per heavy atom. The van der Waals surface area contributed by atoms with E-state index in [-0.39, 0.29) is 70.6 Å². The summed E-state index contributed by atoms with van der Waals surface area (Å²) in [4.78, 5) is 73.6. The summed E-state index contributed by atoms with van der Waals surface area (Å²) in [6.45, 7) is 23.4. The molecular formula is C80H116N4O18. The normalized spacial score (nSPS) is 41.0. The summed E-state index contributed by atoms with van der Waals surface area (Å²) in [6, 6.07) is 21.9. The smallest absolute Gasteiger partial charge is 0.335 e. The van der Waals surface area contributed by atoms with Gasteiger partial charge in [-0.15, -0.1) is 0 Å². The maximum atomic E-state index is 12.9. The molecule has 15 fully saturated rings. The third-order valence-corrected chi connectivity index (χ3v) is 26.0. The van der Waals surface area contributed by atoms with Gasteiger partial charge in [-0.1, -0.05) is 84.4 Å². The van der Waals surface area contributed by atoms with Gasteiger partial charge < -0.3 is 65.1 Å². The molecule has 24 atom stereocenters. The van der Waals surface area contributed by atoms with Gasteiger partial charge >= 0.3 is 5.97 Å². The predicted molar refractivity (Wildman–Crippen MR) is 375 cm³/mol. The van der Waals surface area contributed by atoms with Crippen LogP contribution in [0.1, 0.15) is 232 Å². The van der Waals surface area contributed by atoms with Crippen molar-refractivity contribution in [3.63, 3.8) is 0 Å². The molecule has 3 spiro atoms. The zero-order chi connectivity index (χ0) is 71.8. The van der Waals surface area contributed by atoms with Crippen molar-refractivity contribution in [3.05, 3.63) is 106 Å². The van der Waals surface area contributed by atoms with Gasteiger partial charge in [-0.2, -0.15) is 0 Å². The van der Waals surface area contributed by atoms with Crippen LogP contribution in [0.25, 0.3) is 0 Å². The number of hydrogen-bond acceptors (Lipinski definition) is 19. The molecule has 4 saturated carbocycles. The molecule has 2 amide bonds. The number of unbranched alkanes of at least 4 members (excludes halogenated alkanes) is 4. The minimum Gasteiger partial charge on any atom is -0.478 e. The van der Waals surface area contributed by atoms with E-state index in [0.717, 1.165) is 139 Å². The SMILES string of the molecule is C[C@@H]1CCC2[C@@H](C)[C@@H](OCc3ccc(C(=O)NCCCCCNC(=O)c4ccc(CO[C@H]5OC6O[C@@]7(C)CCC8[C@H](C)CCC([C@H]5C)[C@@]68OO7)cc4)cc3)OC3O[C@@]4(C)CCC1[C@]32OO4.C[C@@H]1CCC2[C@@H](C)[C@@H](OCc3ccc(C(=O)O)cc3)OC3C[C@]4(C)CCC1[C@]32OO4.NCCCCCN. The molecule has 9 unspecified atom stereocenters. The molecule has 0 radical (unpaired) electrons. The average molecular weight is 1420 g/mol. The van der Waals surface area contributed by atoms with Crippen LogP contribution in [-0.4, -0.2) is 121 Å². The standard InChI is InChI=1S/C51H70N2O12.C24H32O6.C5H14N2/c1-30-10-20-40-32(3)44(58-46-50(40)38(30)22-24-48(5,60-46)62-64-50)56-28-34-12-16-36(17-13-34)42(54)52-26-8-7-9-27-53-43(55)37-18-14-35(15-19-37)29-57-45-33(4)41-21-11-31(2)39-23-25-49(6)61-47(59-45)51(39,41)65-63-49;1-14-4-9-19-15(2)22(27-13-16-5-7-17(8-6-16)21(25)26)28-20-12-23(3)11-10-18(14)24(19,20)30-29-23;6-4-2-1-3-5-7/h12-19,30-33,38-41,44-47H,7-11,20-29H2,1-6H3,(H,52,54)(H,53,55);5-8,14-15,18-20,22H,4,9-13H2,1-3H3,(H,25,26);1-7H2/t30-,31-,32-,33-,38?,39?,40?,41?,44+,45+,46?,47?,48-,49-,50-,51-;14-,15-,18?,19?,20?,22+,23+,24-;/m11./s1. The van der Waals surface area contributed by atoms with E-state index in [1.165, 1.54) is 12.8 Å². The number of hydrogen-bond donors (Lipinski definition) is 5. The second-order valence-electron chi connectivity index (χ2n) is 32.9. The maximum absolute atomic E-state index is 12.9. The van der Waals surface area contributed by atoms with Gasteiger partial charge in [0.1, 0.15) is 11.2 Å². The van der Waals surface area contributed by atoms with Gasteiger partial charge in [-0.3, -0.25) is 9.59 Å². The fourth-order valence-electron chi connectivity index (χ4n) is 20.0. The Kier molecular flexibility index (Phi) is 23.5. The molecule has 15 aliphatic rings. The molecule has 6 bridgehead atoms. The Morgan fingerprint density at radius 1 is 0.441 bits per heavy atom. The zero-order valence-electron chi connectivity index (χ0n) is 61.7. The lowest BCUT2D eigenvalue weighted by molar-refractivity contribution is -0.577. The molecule has 11 aliphatic heterocycles. The molecule has 3 aromatic rings. The summed E-state index contributed by atoms with van der Waals surface area (Å²) in [7, 11) is 0. The zero-order valence-corrected chi connectivity index (χ0v) is 61.7. The third kappa shape index (κ3) is 15.1. The number of carboxylic acid groups (broad SMARTS) is 1. The fraction of sp³-hybridized carbons (Fsp3) is 0.738. The van der Waals surface area contributed by atoms with Crippen molar-refractivity contribution < 1.29 is 86.7 Å². The van der Waals surface area contributed by atoms with E-state index in [0.29, 0.717) is 85.5 Å². The van der Waals surface area contributed by atoms with Crippen LogP contribution < -0.4 is 22.1 Å². The summed E-state index contributed by atoms with van der Waals surface area (Å²) in [6.07, 6.45) is 16.7. The molecule has 7 N–H and O–H groups in total. The minimum atomic E-state index is -0.919. The van der Waals surface area contributed by atoms with Gasteiger partial charge in [-0.05, 0) is 219 Å². The first-order valence-electron chi connectivity index (χ1n) is 38.8. The van der Waals surface area contributed by atoms with Crippen molar-refractivity contribution in [1.29, 1.82) is 0 Å². The third-order valence-electron chi connectivity index (χ3n) is 26.0. The van der Waals surface area contributed by atoms with Crippen molar-refractivity contribution in [2.45, 2.75) is 276 Å². The molecule has 4 aliphatic carbocycles. The summed E-state index contributed by atoms with van der Waals surface area (Å²) in [5.41, 5.74) is 12.9. The van der Waals surface area contributed by atoms with Crippen molar-refractivity contribution >= 4 is 17.8 Å². The Morgan fingerprint density at radius 3 is 1.24 bits per heavy atom. The highest BCUT2D eigenvalue weighted by Crippen LogP contribution is 2.64. The first-order valence-corrected chi connectivity index (χ1v) is 38.8. The van der Waals surface area contributed by atoms with Gasteiger partial charge in [0.05, 0.1) is 31.5 Å². The van der Waals surface area contributed by atoms with E-state index in [2.05, 4.69) is 59.1 Å². The van der Waals surface area contributed by atoms with Crippen LogP contribution in [0.4, 0.5) is 0 Å². The van der Waals surface area contributed by atoms with Gasteiger partial charge in [0.2, 0.25) is 11.6 Å². The van der Waals surface area contributed by atoms with Gasteiger partial charge in [0.15, 0.2) is 42.7 Å². The lowest BCUT2D eigenvalue weighted by atomic mass is 9.56. The molecule has 11 heterocycles. The number of ether oxygens (including phenoxy) is 8. The number of aromatic carboxylic acids is 1. The largest absolute Gasteiger partial charge is 0.478 e. The number of amides is 2. The quantitative estimate of drug-likeness (QED) is 0.0462. The Bertz CT molecular complexity index is 3170. The summed E-state index contributed by atoms with van der Waals surface area (Å²) in [5, 5.41) is 15.1. The van der Waals surface area contributed by atoms with Crippen LogP contribution in [0.3, 0.4) is 0 Å². The highest BCUT2D eigenvalue weighted by Gasteiger charge is 2.72. The molecule has 564 valence electrons. The number of nitrogens with one attached hydrogen (secondary N) is 2. The first kappa shape index (κ1) is 75.7. The number of nitrogens with two attached hydrogens (primary N) is 2. The van der Waals surface area contributed by atoms with Gasteiger partial charge in [0.25, 0.3) is 11.8 Å². The number of rotatable bonds is 22. The molecule has 102 heavy (non-hydrogen) atoms. The lowest BCUT2D eigenvalue weighted by Gasteiger charge is -2.61. The average Bonchev–Trinajstić information content (AvgIpc) is 1.37. The van der Waals surface area contributed by atoms with E-state index in [1.807, 2.05) is 74.5 Å². The number of carboxylic acids is 1. The summed E-state index contributed by atoms with van der Waals surface area (Å²) >= 11 is 0. The molecule has 18 rings (SSSR count). The van der Waals surface area contributed by atoms with E-state index in [9.17, 15) is 14.4 Å². The lowest BCUT2D eigenvalue weighted by Crippen LogP contribution is -2.70. The van der Waals surface area contributed by atoms with Crippen LogP contribution in [-0.2, 0) is 87.0 Å². The highest BCUT2D eigenvalue weighted by atomic mass is 17.3. The van der Waals surface area contributed by atoms with E-state index in [1.54, 1.807) is 12.1 Å². The predicted octanol–water partition coefficient (Wildman–Crippen LogP) is 13.1. The molecule has 22 nitrogen and oxygen atoms in total. The van der Waals surface area contributed by atoms with Crippen LogP contribution in [0.2, 0.25) is 0 Å². The second kappa shape index (κ2) is 31.7. The van der Waals surface area contributed by atoms with Crippen molar-refractivity contribution in [2.75, 3.05) is 26.2 Å². The molecule has 0 aromatic heterocycles. The van der Waals surface area contributed by atoms with Crippen LogP contribution in [0.5, 0.6) is 0 Å². The minimum absolute atomic E-state index is 0.0212. The molecule has 22 heteroatoms. The van der Waals surface area contributed by atoms with Crippen LogP contribution >= 0.6 is 0 Å². The van der Waals surface area contributed by atoms with E-state index >= 15 is 0 Å². The topological polar surface area (TPSA) is 277 Å². The number of benzene rings is 3. The fourth-order valence-corrected chi connectivity index (χ4v) is 20.0. The van der Waals surface area contributed by atoms with Crippen molar-refractivity contribution in [3.8, 4) is 0 Å². The van der Waals surface area contributed by atoms with Gasteiger partial charge in [-0.25, -0.2) is 34.1 Å². The Labute approximate surface area is 603 Å². The van der Waals surface area contributed by atoms with Crippen LogP contribution in [0.15, 0.2) is 72.8 Å². The van der Waals surface area contributed by atoms with Gasteiger partial charge in [0, 0.05) is 79.0 Å². The van der Waals surface area contributed by atoms with E-state index in [4.69, 9.17) is 83.8 Å². The summed E-state index contributed by atoms with van der Waals surface area (Å²) in [5.74, 6) is 1.02. The number of fused-ring (bicyclic) bond motifs is 6. The van der Waals surface area contributed by atoms with Crippen molar-refractivity contribution in [1.82, 2.24) is 10.6 Å². The van der Waals surface area contributed by atoms with Crippen molar-refractivity contribution in [2.24, 2.45) is 82.5 Å². The van der Waals surface area contributed by atoms with Crippen LogP contribution in [0, 0.1) is 71.0 Å². The molecule has 3 aromatic carbocycles. The number of carbonyl (C=O) groups excluding carboxylic acids is 2. The Hall–Kier alpha value is -4.57. The monoisotopic (exact) mass is 1420 g/mol.